The minimum absolute atomic E-state index is 0.451. The first-order valence-corrected chi connectivity index (χ1v) is 6.28. The van der Waals surface area contributed by atoms with Crippen LogP contribution >= 0.6 is 0 Å². The molecule has 2 aromatic rings. The van der Waals surface area contributed by atoms with Crippen molar-refractivity contribution in [2.45, 2.75) is 20.3 Å². The van der Waals surface area contributed by atoms with Gasteiger partial charge in [-0.15, -0.1) is 0 Å². The molecule has 0 N–H and O–H groups in total. The summed E-state index contributed by atoms with van der Waals surface area (Å²) in [6.07, 6.45) is 1.73. The Morgan fingerprint density at radius 3 is 2.74 bits per heavy atom. The van der Waals surface area contributed by atoms with E-state index in [0.29, 0.717) is 5.69 Å². The van der Waals surface area contributed by atoms with Crippen molar-refractivity contribution in [2.24, 2.45) is 7.05 Å². The van der Waals surface area contributed by atoms with Gasteiger partial charge in [0.05, 0.1) is 12.8 Å². The summed E-state index contributed by atoms with van der Waals surface area (Å²) in [7, 11) is 3.54. The third-order valence-corrected chi connectivity index (χ3v) is 3.38. The Labute approximate surface area is 113 Å². The van der Waals surface area contributed by atoms with E-state index >= 15 is 0 Å². The Balaban J connectivity index is 2.73. The lowest BCUT2D eigenvalue weighted by molar-refractivity contribution is 0.112. The molecular formula is C15H18N2O2. The lowest BCUT2D eigenvalue weighted by atomic mass is 10.0. The van der Waals surface area contributed by atoms with E-state index in [1.165, 1.54) is 5.56 Å². The van der Waals surface area contributed by atoms with Crippen molar-refractivity contribution in [3.8, 4) is 17.0 Å². The Hall–Kier alpha value is -2.10. The molecule has 4 heteroatoms. The van der Waals surface area contributed by atoms with Crippen LogP contribution < -0.4 is 4.74 Å². The highest BCUT2D eigenvalue weighted by Gasteiger charge is 2.17. The SMILES string of the molecule is CCc1ccc(OC)c(-c2c(C=O)nc(C)n2C)c1. The molecule has 0 aliphatic rings. The Bertz CT molecular complexity index is 615. The van der Waals surface area contributed by atoms with Gasteiger partial charge < -0.3 is 9.30 Å². The zero-order valence-corrected chi connectivity index (χ0v) is 11.7. The molecule has 0 aliphatic heterocycles. The molecule has 0 saturated carbocycles. The summed E-state index contributed by atoms with van der Waals surface area (Å²) >= 11 is 0. The molecule has 0 amide bonds. The van der Waals surface area contributed by atoms with E-state index in [2.05, 4.69) is 18.0 Å². The van der Waals surface area contributed by atoms with Gasteiger partial charge in [-0.1, -0.05) is 13.0 Å². The normalized spacial score (nSPS) is 10.5. The fraction of sp³-hybridized carbons (Fsp3) is 0.333. The maximum absolute atomic E-state index is 11.2. The number of rotatable bonds is 4. The summed E-state index contributed by atoms with van der Waals surface area (Å²) in [6.45, 7) is 3.98. The fourth-order valence-electron chi connectivity index (χ4n) is 2.20. The first-order valence-electron chi connectivity index (χ1n) is 6.28. The van der Waals surface area contributed by atoms with Gasteiger partial charge in [-0.05, 0) is 31.0 Å². The zero-order chi connectivity index (χ0) is 14.0. The second-order valence-corrected chi connectivity index (χ2v) is 4.46. The highest BCUT2D eigenvalue weighted by atomic mass is 16.5. The Morgan fingerprint density at radius 1 is 1.42 bits per heavy atom. The second kappa shape index (κ2) is 5.26. The van der Waals surface area contributed by atoms with Crippen molar-refractivity contribution in [1.82, 2.24) is 9.55 Å². The molecule has 0 atom stereocenters. The molecule has 19 heavy (non-hydrogen) atoms. The Kier molecular flexibility index (Phi) is 3.69. The number of hydrogen-bond donors (Lipinski definition) is 0. The molecule has 100 valence electrons. The molecule has 0 bridgehead atoms. The fourth-order valence-corrected chi connectivity index (χ4v) is 2.20. The van der Waals surface area contributed by atoms with E-state index in [1.54, 1.807) is 7.11 Å². The first-order chi connectivity index (χ1) is 9.12. The number of benzene rings is 1. The van der Waals surface area contributed by atoms with Gasteiger partial charge in [0.2, 0.25) is 0 Å². The summed E-state index contributed by atoms with van der Waals surface area (Å²) in [5.41, 5.74) is 3.37. The van der Waals surface area contributed by atoms with Gasteiger partial charge >= 0.3 is 0 Å². The van der Waals surface area contributed by atoms with Gasteiger partial charge in [0.1, 0.15) is 17.3 Å². The predicted molar refractivity (Wildman–Crippen MR) is 74.7 cm³/mol. The average molecular weight is 258 g/mol. The molecule has 2 rings (SSSR count). The largest absolute Gasteiger partial charge is 0.496 e. The molecule has 1 aromatic carbocycles. The summed E-state index contributed by atoms with van der Waals surface area (Å²) in [5.74, 6) is 1.56. The van der Waals surface area contributed by atoms with Crippen molar-refractivity contribution < 1.29 is 9.53 Å². The van der Waals surface area contributed by atoms with E-state index < -0.39 is 0 Å². The van der Waals surface area contributed by atoms with Crippen LogP contribution in [0.1, 0.15) is 28.8 Å². The highest BCUT2D eigenvalue weighted by molar-refractivity contribution is 5.86. The van der Waals surface area contributed by atoms with E-state index in [4.69, 9.17) is 4.74 Å². The van der Waals surface area contributed by atoms with Gasteiger partial charge in [-0.25, -0.2) is 4.98 Å². The van der Waals surface area contributed by atoms with E-state index in [1.807, 2.05) is 30.7 Å². The van der Waals surface area contributed by atoms with Gasteiger partial charge in [-0.2, -0.15) is 0 Å². The lowest BCUT2D eigenvalue weighted by Gasteiger charge is -2.12. The molecule has 1 heterocycles. The highest BCUT2D eigenvalue weighted by Crippen LogP contribution is 2.33. The molecule has 0 radical (unpaired) electrons. The standard InChI is InChI=1S/C15H18N2O2/c1-5-11-6-7-14(19-4)12(8-11)15-13(9-18)16-10(2)17(15)3/h6-9H,5H2,1-4H3. The quantitative estimate of drug-likeness (QED) is 0.792. The molecule has 1 aromatic heterocycles. The van der Waals surface area contributed by atoms with E-state index in [-0.39, 0.29) is 0 Å². The summed E-state index contributed by atoms with van der Waals surface area (Å²) in [5, 5.41) is 0. The maximum atomic E-state index is 11.2. The molecule has 0 aliphatic carbocycles. The lowest BCUT2D eigenvalue weighted by Crippen LogP contribution is -1.99. The number of methoxy groups -OCH3 is 1. The van der Waals surface area contributed by atoms with Crippen molar-refractivity contribution >= 4 is 6.29 Å². The predicted octanol–water partition coefficient (Wildman–Crippen LogP) is 2.78. The molecular weight excluding hydrogens is 240 g/mol. The van der Waals surface area contributed by atoms with E-state index in [0.717, 1.165) is 35.5 Å². The van der Waals surface area contributed by atoms with Crippen LogP contribution in [-0.2, 0) is 13.5 Å². The van der Waals surface area contributed by atoms with Crippen molar-refractivity contribution in [3.63, 3.8) is 0 Å². The van der Waals surface area contributed by atoms with Gasteiger partial charge in [-0.3, -0.25) is 4.79 Å². The number of ether oxygens (including phenoxy) is 1. The minimum Gasteiger partial charge on any atom is -0.496 e. The molecule has 0 spiro atoms. The number of imidazole rings is 1. The van der Waals surface area contributed by atoms with Crippen molar-refractivity contribution in [1.29, 1.82) is 0 Å². The second-order valence-electron chi connectivity index (χ2n) is 4.46. The van der Waals surface area contributed by atoms with Crippen LogP contribution in [0.2, 0.25) is 0 Å². The van der Waals surface area contributed by atoms with Gasteiger partial charge in [0.25, 0.3) is 0 Å². The van der Waals surface area contributed by atoms with Gasteiger partial charge in [0.15, 0.2) is 6.29 Å². The third kappa shape index (κ3) is 2.26. The molecule has 0 unspecified atom stereocenters. The smallest absolute Gasteiger partial charge is 0.170 e. The van der Waals surface area contributed by atoms with Crippen molar-refractivity contribution in [3.05, 3.63) is 35.3 Å². The number of hydrogen-bond acceptors (Lipinski definition) is 3. The first kappa shape index (κ1) is 13.3. The number of aromatic nitrogens is 2. The number of aldehydes is 1. The molecule has 0 fully saturated rings. The summed E-state index contributed by atoms with van der Waals surface area (Å²) < 4.78 is 7.32. The number of nitrogens with zero attached hydrogens (tertiary/aromatic N) is 2. The molecule has 4 nitrogen and oxygen atoms in total. The third-order valence-electron chi connectivity index (χ3n) is 3.38. The average Bonchev–Trinajstić information content (AvgIpc) is 2.73. The number of carbonyl (C=O) groups is 1. The Morgan fingerprint density at radius 2 is 2.16 bits per heavy atom. The molecule has 0 saturated heterocycles. The summed E-state index contributed by atoms with van der Waals surface area (Å²) in [6, 6.07) is 6.03. The maximum Gasteiger partial charge on any atom is 0.170 e. The van der Waals surface area contributed by atoms with Crippen LogP contribution in [0.5, 0.6) is 5.75 Å². The van der Waals surface area contributed by atoms with E-state index in [9.17, 15) is 4.79 Å². The van der Waals surface area contributed by atoms with Crippen LogP contribution in [0, 0.1) is 6.92 Å². The monoisotopic (exact) mass is 258 g/mol. The number of carbonyl (C=O) groups excluding carboxylic acids is 1. The summed E-state index contributed by atoms with van der Waals surface area (Å²) in [4.78, 5) is 15.5. The van der Waals surface area contributed by atoms with Crippen LogP contribution in [-0.4, -0.2) is 22.9 Å². The van der Waals surface area contributed by atoms with Crippen LogP contribution in [0.25, 0.3) is 11.3 Å². The number of aryl methyl sites for hydroxylation is 2. The van der Waals surface area contributed by atoms with Gasteiger partial charge in [0, 0.05) is 12.6 Å². The van der Waals surface area contributed by atoms with Crippen LogP contribution in [0.15, 0.2) is 18.2 Å². The van der Waals surface area contributed by atoms with Crippen LogP contribution in [0.4, 0.5) is 0 Å². The minimum atomic E-state index is 0.451. The van der Waals surface area contributed by atoms with Crippen LogP contribution in [0.3, 0.4) is 0 Å². The van der Waals surface area contributed by atoms with Crippen molar-refractivity contribution in [2.75, 3.05) is 7.11 Å². The zero-order valence-electron chi connectivity index (χ0n) is 11.7. The topological polar surface area (TPSA) is 44.1 Å².